The normalized spacial score (nSPS) is 17.1. The summed E-state index contributed by atoms with van der Waals surface area (Å²) >= 11 is 0. The molecular weight excluding hydrogens is 354 g/mol. The van der Waals surface area contributed by atoms with Crippen LogP contribution in [0, 0.1) is 0 Å². The first kappa shape index (κ1) is 18.0. The number of amides is 2. The standard InChI is InChI=1S/C22H21N3O3/c1-15-13-25(18-7-9-19(28-2)10-8-18)21(26)14-24(15)22(27)17-6-5-16-4-3-11-23-20(16)12-17/h3-12,15H,13-14H2,1-2H3. The second kappa shape index (κ2) is 7.31. The van der Waals surface area contributed by atoms with Gasteiger partial charge in [-0.3, -0.25) is 14.6 Å². The molecule has 1 aliphatic heterocycles. The lowest BCUT2D eigenvalue weighted by molar-refractivity contribution is -0.121. The highest BCUT2D eigenvalue weighted by Gasteiger charge is 2.33. The number of pyridine rings is 1. The van der Waals surface area contributed by atoms with Gasteiger partial charge in [-0.1, -0.05) is 12.1 Å². The third-order valence-corrected chi connectivity index (χ3v) is 5.08. The Labute approximate surface area is 163 Å². The number of hydrogen-bond acceptors (Lipinski definition) is 4. The van der Waals surface area contributed by atoms with Crippen LogP contribution in [0.4, 0.5) is 5.69 Å². The third-order valence-electron chi connectivity index (χ3n) is 5.08. The van der Waals surface area contributed by atoms with Crippen molar-refractivity contribution < 1.29 is 14.3 Å². The van der Waals surface area contributed by atoms with Gasteiger partial charge in [-0.2, -0.15) is 0 Å². The van der Waals surface area contributed by atoms with E-state index in [1.807, 2.05) is 49.4 Å². The molecule has 0 spiro atoms. The molecule has 4 rings (SSSR count). The summed E-state index contributed by atoms with van der Waals surface area (Å²) in [6.45, 7) is 2.45. The zero-order valence-electron chi connectivity index (χ0n) is 15.8. The van der Waals surface area contributed by atoms with Crippen molar-refractivity contribution in [2.24, 2.45) is 0 Å². The molecule has 6 nitrogen and oxygen atoms in total. The summed E-state index contributed by atoms with van der Waals surface area (Å²) in [5.74, 6) is 0.487. The molecule has 1 unspecified atom stereocenters. The van der Waals surface area contributed by atoms with Crippen LogP contribution in [0.3, 0.4) is 0 Å². The second-order valence-corrected chi connectivity index (χ2v) is 6.90. The predicted octanol–water partition coefficient (Wildman–Crippen LogP) is 3.12. The SMILES string of the molecule is COc1ccc(N2CC(C)N(C(=O)c3ccc4cccnc4c3)CC2=O)cc1. The van der Waals surface area contributed by atoms with Gasteiger partial charge < -0.3 is 14.5 Å². The van der Waals surface area contributed by atoms with Crippen molar-refractivity contribution in [3.63, 3.8) is 0 Å². The number of methoxy groups -OCH3 is 1. The fourth-order valence-corrected chi connectivity index (χ4v) is 3.50. The Morgan fingerprint density at radius 1 is 1.14 bits per heavy atom. The number of ether oxygens (including phenoxy) is 1. The van der Waals surface area contributed by atoms with E-state index >= 15 is 0 Å². The Balaban J connectivity index is 1.54. The molecule has 0 N–H and O–H groups in total. The van der Waals surface area contributed by atoms with Gasteiger partial charge in [-0.15, -0.1) is 0 Å². The number of hydrogen-bond donors (Lipinski definition) is 0. The summed E-state index contributed by atoms with van der Waals surface area (Å²) in [4.78, 5) is 33.4. The molecule has 0 bridgehead atoms. The molecule has 1 fully saturated rings. The Morgan fingerprint density at radius 2 is 1.93 bits per heavy atom. The maximum atomic E-state index is 13.0. The number of carbonyl (C=O) groups excluding carboxylic acids is 2. The van der Waals surface area contributed by atoms with Crippen molar-refractivity contribution in [2.75, 3.05) is 25.1 Å². The monoisotopic (exact) mass is 375 g/mol. The first-order valence-electron chi connectivity index (χ1n) is 9.17. The lowest BCUT2D eigenvalue weighted by Gasteiger charge is -2.39. The molecule has 28 heavy (non-hydrogen) atoms. The highest BCUT2D eigenvalue weighted by Crippen LogP contribution is 2.24. The fourth-order valence-electron chi connectivity index (χ4n) is 3.50. The van der Waals surface area contributed by atoms with Crippen LogP contribution in [0.15, 0.2) is 60.8 Å². The van der Waals surface area contributed by atoms with Crippen LogP contribution in [0.25, 0.3) is 10.9 Å². The fraction of sp³-hybridized carbons (Fsp3) is 0.227. The van der Waals surface area contributed by atoms with Crippen LogP contribution < -0.4 is 9.64 Å². The van der Waals surface area contributed by atoms with Crippen LogP contribution in [0.5, 0.6) is 5.75 Å². The Hall–Kier alpha value is -3.41. The van der Waals surface area contributed by atoms with E-state index in [4.69, 9.17) is 4.74 Å². The quantitative estimate of drug-likeness (QED) is 0.706. The zero-order valence-corrected chi connectivity index (χ0v) is 15.8. The molecule has 0 saturated carbocycles. The minimum atomic E-state index is -0.150. The van der Waals surface area contributed by atoms with Gasteiger partial charge in [0.05, 0.1) is 12.6 Å². The summed E-state index contributed by atoms with van der Waals surface area (Å²) in [6, 6.07) is 16.5. The van der Waals surface area contributed by atoms with E-state index in [2.05, 4.69) is 4.98 Å². The minimum Gasteiger partial charge on any atom is -0.497 e. The Morgan fingerprint density at radius 3 is 2.68 bits per heavy atom. The number of carbonyl (C=O) groups is 2. The lowest BCUT2D eigenvalue weighted by Crippen LogP contribution is -2.57. The van der Waals surface area contributed by atoms with Gasteiger partial charge in [-0.25, -0.2) is 0 Å². The smallest absolute Gasteiger partial charge is 0.254 e. The van der Waals surface area contributed by atoms with E-state index in [9.17, 15) is 9.59 Å². The molecule has 1 atom stereocenters. The van der Waals surface area contributed by atoms with Gasteiger partial charge in [-0.05, 0) is 49.4 Å². The predicted molar refractivity (Wildman–Crippen MR) is 108 cm³/mol. The van der Waals surface area contributed by atoms with Gasteiger partial charge >= 0.3 is 0 Å². The van der Waals surface area contributed by atoms with Crippen molar-refractivity contribution in [1.82, 2.24) is 9.88 Å². The van der Waals surface area contributed by atoms with Gasteiger partial charge in [0.2, 0.25) is 5.91 Å². The van der Waals surface area contributed by atoms with E-state index in [-0.39, 0.29) is 24.4 Å². The molecular formula is C22H21N3O3. The summed E-state index contributed by atoms with van der Waals surface area (Å²) in [5.41, 5.74) is 2.12. The van der Waals surface area contributed by atoms with Crippen LogP contribution in [-0.4, -0.2) is 47.9 Å². The molecule has 0 radical (unpaired) electrons. The number of rotatable bonds is 3. The number of aromatic nitrogens is 1. The molecule has 0 aliphatic carbocycles. The largest absolute Gasteiger partial charge is 0.497 e. The van der Waals surface area contributed by atoms with Crippen molar-refractivity contribution in [2.45, 2.75) is 13.0 Å². The summed E-state index contributed by atoms with van der Waals surface area (Å²) < 4.78 is 5.17. The average Bonchev–Trinajstić information content (AvgIpc) is 2.74. The van der Waals surface area contributed by atoms with Crippen LogP contribution >= 0.6 is 0 Å². The number of anilines is 1. The number of benzene rings is 2. The molecule has 2 heterocycles. The Bertz CT molecular complexity index is 1030. The van der Waals surface area contributed by atoms with E-state index in [1.54, 1.807) is 35.2 Å². The topological polar surface area (TPSA) is 62.7 Å². The van der Waals surface area contributed by atoms with Gasteiger partial charge in [0, 0.05) is 35.4 Å². The van der Waals surface area contributed by atoms with Crippen molar-refractivity contribution >= 4 is 28.4 Å². The maximum Gasteiger partial charge on any atom is 0.254 e. The molecule has 2 amide bonds. The highest BCUT2D eigenvalue weighted by atomic mass is 16.5. The van der Waals surface area contributed by atoms with E-state index in [1.165, 1.54) is 0 Å². The van der Waals surface area contributed by atoms with Gasteiger partial charge in [0.25, 0.3) is 5.91 Å². The lowest BCUT2D eigenvalue weighted by atomic mass is 10.1. The first-order chi connectivity index (χ1) is 13.6. The van der Waals surface area contributed by atoms with Crippen molar-refractivity contribution in [3.8, 4) is 5.75 Å². The second-order valence-electron chi connectivity index (χ2n) is 6.90. The van der Waals surface area contributed by atoms with Crippen molar-refractivity contribution in [3.05, 3.63) is 66.4 Å². The van der Waals surface area contributed by atoms with Crippen molar-refractivity contribution in [1.29, 1.82) is 0 Å². The van der Waals surface area contributed by atoms with Crippen LogP contribution in [0.2, 0.25) is 0 Å². The van der Waals surface area contributed by atoms with Crippen LogP contribution in [-0.2, 0) is 4.79 Å². The number of fused-ring (bicyclic) bond motifs is 1. The molecule has 1 aromatic heterocycles. The Kier molecular flexibility index (Phi) is 4.69. The van der Waals surface area contributed by atoms with Gasteiger partial charge in [0.1, 0.15) is 12.3 Å². The number of nitrogens with zero attached hydrogens (tertiary/aromatic N) is 3. The molecule has 1 aliphatic rings. The minimum absolute atomic E-state index is 0.0479. The molecule has 1 saturated heterocycles. The zero-order chi connectivity index (χ0) is 19.7. The average molecular weight is 375 g/mol. The number of piperazine rings is 1. The maximum absolute atomic E-state index is 13.0. The van der Waals surface area contributed by atoms with E-state index in [0.717, 1.165) is 22.3 Å². The summed E-state index contributed by atoms with van der Waals surface area (Å²) in [5, 5.41) is 0.979. The van der Waals surface area contributed by atoms with E-state index in [0.29, 0.717) is 12.1 Å². The van der Waals surface area contributed by atoms with Crippen LogP contribution in [0.1, 0.15) is 17.3 Å². The highest BCUT2D eigenvalue weighted by molar-refractivity contribution is 6.03. The van der Waals surface area contributed by atoms with Gasteiger partial charge in [0.15, 0.2) is 0 Å². The molecule has 2 aromatic carbocycles. The third kappa shape index (κ3) is 3.29. The van der Waals surface area contributed by atoms with E-state index < -0.39 is 0 Å². The molecule has 6 heteroatoms. The molecule has 142 valence electrons. The molecule has 3 aromatic rings. The first-order valence-corrected chi connectivity index (χ1v) is 9.17. The summed E-state index contributed by atoms with van der Waals surface area (Å²) in [6.07, 6.45) is 1.70. The summed E-state index contributed by atoms with van der Waals surface area (Å²) in [7, 11) is 1.61.